The van der Waals surface area contributed by atoms with E-state index in [0.29, 0.717) is 35.4 Å². The number of hydrogen-bond acceptors (Lipinski definition) is 5. The largest absolute Gasteiger partial charge is 0.368 e. The zero-order valence-corrected chi connectivity index (χ0v) is 12.2. The Morgan fingerprint density at radius 1 is 1.23 bits per heavy atom. The first-order chi connectivity index (χ1) is 10.5. The quantitative estimate of drug-likeness (QED) is 0.869. The number of hydrogen-bond donors (Lipinski definition) is 2. The Kier molecular flexibility index (Phi) is 3.36. The second-order valence-corrected chi connectivity index (χ2v) is 5.47. The minimum absolute atomic E-state index is 0.0250. The molecule has 6 nitrogen and oxygen atoms in total. The summed E-state index contributed by atoms with van der Waals surface area (Å²) in [5.41, 5.74) is 14.1. The van der Waals surface area contributed by atoms with Crippen molar-refractivity contribution in [3.05, 3.63) is 52.3 Å². The van der Waals surface area contributed by atoms with Crippen molar-refractivity contribution in [2.45, 2.75) is 25.7 Å². The Morgan fingerprint density at radius 2 is 1.95 bits per heavy atom. The maximum absolute atomic E-state index is 12.4. The molecule has 6 heteroatoms. The maximum atomic E-state index is 12.4. The number of nitrogen functional groups attached to an aromatic ring is 1. The zero-order chi connectivity index (χ0) is 15.9. The Hall–Kier alpha value is -2.76. The first-order valence-electron chi connectivity index (χ1n) is 7.02. The predicted molar refractivity (Wildman–Crippen MR) is 81.5 cm³/mol. The van der Waals surface area contributed by atoms with Crippen LogP contribution in [-0.4, -0.2) is 21.7 Å². The Morgan fingerprint density at radius 3 is 2.68 bits per heavy atom. The molecule has 0 radical (unpaired) electrons. The minimum Gasteiger partial charge on any atom is -0.368 e. The molecule has 1 aromatic heterocycles. The van der Waals surface area contributed by atoms with Gasteiger partial charge in [0.1, 0.15) is 0 Å². The van der Waals surface area contributed by atoms with Gasteiger partial charge >= 0.3 is 0 Å². The second-order valence-electron chi connectivity index (χ2n) is 5.47. The van der Waals surface area contributed by atoms with Gasteiger partial charge in [0.25, 0.3) is 0 Å². The van der Waals surface area contributed by atoms with Gasteiger partial charge in [-0.3, -0.25) is 9.59 Å². The van der Waals surface area contributed by atoms with E-state index in [4.69, 9.17) is 11.5 Å². The summed E-state index contributed by atoms with van der Waals surface area (Å²) in [6.45, 7) is 1.76. The van der Waals surface area contributed by atoms with Crippen LogP contribution in [0.4, 0.5) is 5.95 Å². The Balaban J connectivity index is 2.07. The summed E-state index contributed by atoms with van der Waals surface area (Å²) in [7, 11) is 0. The van der Waals surface area contributed by atoms with E-state index in [1.54, 1.807) is 19.1 Å². The van der Waals surface area contributed by atoms with Crippen molar-refractivity contribution in [3.63, 3.8) is 0 Å². The average molecular weight is 296 g/mol. The van der Waals surface area contributed by atoms with Crippen LogP contribution in [0.15, 0.2) is 24.3 Å². The maximum Gasteiger partial charge on any atom is 0.248 e. The lowest BCUT2D eigenvalue weighted by molar-refractivity contribution is 0.0955. The van der Waals surface area contributed by atoms with E-state index < -0.39 is 5.91 Å². The van der Waals surface area contributed by atoms with Crippen molar-refractivity contribution >= 4 is 17.6 Å². The van der Waals surface area contributed by atoms with E-state index in [-0.39, 0.29) is 17.6 Å². The van der Waals surface area contributed by atoms with Crippen molar-refractivity contribution in [2.24, 2.45) is 5.73 Å². The molecule has 0 spiro atoms. The van der Waals surface area contributed by atoms with Crippen molar-refractivity contribution in [2.75, 3.05) is 5.73 Å². The van der Waals surface area contributed by atoms with E-state index in [9.17, 15) is 9.59 Å². The van der Waals surface area contributed by atoms with Gasteiger partial charge in [-0.05, 0) is 30.9 Å². The fourth-order valence-corrected chi connectivity index (χ4v) is 3.09. The van der Waals surface area contributed by atoms with Gasteiger partial charge in [0.15, 0.2) is 5.78 Å². The van der Waals surface area contributed by atoms with Crippen molar-refractivity contribution in [1.82, 2.24) is 9.97 Å². The lowest BCUT2D eigenvalue weighted by atomic mass is 9.79. The van der Waals surface area contributed by atoms with Crippen LogP contribution in [0.5, 0.6) is 0 Å². The molecule has 112 valence electrons. The van der Waals surface area contributed by atoms with Crippen LogP contribution in [0, 0.1) is 6.92 Å². The fourth-order valence-electron chi connectivity index (χ4n) is 3.09. The molecule has 1 heterocycles. The summed E-state index contributed by atoms with van der Waals surface area (Å²) in [5.74, 6) is -0.486. The monoisotopic (exact) mass is 296 g/mol. The molecule has 2 aromatic rings. The molecule has 1 aromatic carbocycles. The highest BCUT2D eigenvalue weighted by atomic mass is 16.1. The van der Waals surface area contributed by atoms with Crippen LogP contribution in [0.25, 0.3) is 0 Å². The third-order valence-corrected chi connectivity index (χ3v) is 4.00. The number of aryl methyl sites for hydroxylation is 1. The van der Waals surface area contributed by atoms with Gasteiger partial charge in [-0.1, -0.05) is 18.2 Å². The molecule has 22 heavy (non-hydrogen) atoms. The number of carbonyl (C=O) groups excluding carboxylic acids is 2. The summed E-state index contributed by atoms with van der Waals surface area (Å²) >= 11 is 0. The number of anilines is 1. The van der Waals surface area contributed by atoms with E-state index in [1.807, 2.05) is 12.1 Å². The van der Waals surface area contributed by atoms with E-state index >= 15 is 0 Å². The third-order valence-electron chi connectivity index (χ3n) is 4.00. The first kappa shape index (κ1) is 14.2. The average Bonchev–Trinajstić information content (AvgIpc) is 2.45. The van der Waals surface area contributed by atoms with Gasteiger partial charge in [0.05, 0.1) is 17.0 Å². The van der Waals surface area contributed by atoms with Gasteiger partial charge in [0, 0.05) is 12.0 Å². The lowest BCUT2D eigenvalue weighted by Crippen LogP contribution is -2.25. The van der Waals surface area contributed by atoms with Gasteiger partial charge < -0.3 is 11.5 Å². The van der Waals surface area contributed by atoms with Crippen LogP contribution in [0.1, 0.15) is 50.0 Å². The molecule has 0 saturated heterocycles. The summed E-state index contributed by atoms with van der Waals surface area (Å²) in [6.07, 6.45) is 0.852. The van der Waals surface area contributed by atoms with Crippen LogP contribution < -0.4 is 11.5 Å². The van der Waals surface area contributed by atoms with Crippen molar-refractivity contribution < 1.29 is 9.59 Å². The standard InChI is InChI=1S/C16H16N4O2/c1-8-14-12(20-16(18)19-8)6-9(7-13(14)21)10-4-2-3-5-11(10)15(17)22/h2-5,9H,6-7H2,1H3,(H2,17,22)(H2,18,19,20). The van der Waals surface area contributed by atoms with E-state index in [2.05, 4.69) is 9.97 Å². The summed E-state index contributed by atoms with van der Waals surface area (Å²) in [5, 5.41) is 0. The van der Waals surface area contributed by atoms with E-state index in [0.717, 1.165) is 5.56 Å². The van der Waals surface area contributed by atoms with Crippen LogP contribution in [-0.2, 0) is 6.42 Å². The Labute approximate surface area is 127 Å². The Bertz CT molecular complexity index is 786. The number of aromatic nitrogens is 2. The first-order valence-corrected chi connectivity index (χ1v) is 7.02. The number of rotatable bonds is 2. The molecule has 0 saturated carbocycles. The second kappa shape index (κ2) is 5.22. The van der Waals surface area contributed by atoms with Crippen molar-refractivity contribution in [3.8, 4) is 0 Å². The number of amides is 1. The summed E-state index contributed by atoms with van der Waals surface area (Å²) in [4.78, 5) is 32.3. The molecule has 4 N–H and O–H groups in total. The smallest absolute Gasteiger partial charge is 0.248 e. The fraction of sp³-hybridized carbons (Fsp3) is 0.250. The summed E-state index contributed by atoms with van der Waals surface area (Å²) in [6, 6.07) is 7.10. The van der Waals surface area contributed by atoms with E-state index in [1.165, 1.54) is 0 Å². The zero-order valence-electron chi connectivity index (χ0n) is 12.2. The van der Waals surface area contributed by atoms with Gasteiger partial charge in [-0.2, -0.15) is 0 Å². The normalized spacial score (nSPS) is 17.1. The highest BCUT2D eigenvalue weighted by Crippen LogP contribution is 2.34. The SMILES string of the molecule is Cc1nc(N)nc2c1C(=O)CC(c1ccccc1C(N)=O)C2. The van der Waals surface area contributed by atoms with Gasteiger partial charge in [-0.25, -0.2) is 9.97 Å². The van der Waals surface area contributed by atoms with Crippen LogP contribution in [0.2, 0.25) is 0 Å². The molecule has 0 fully saturated rings. The number of nitrogens with two attached hydrogens (primary N) is 2. The van der Waals surface area contributed by atoms with Gasteiger partial charge in [0.2, 0.25) is 11.9 Å². The number of Topliss-reactive ketones (excluding diaryl/α,β-unsaturated/α-hetero) is 1. The van der Waals surface area contributed by atoms with Crippen LogP contribution in [0.3, 0.4) is 0 Å². The third kappa shape index (κ3) is 2.32. The van der Waals surface area contributed by atoms with Crippen molar-refractivity contribution in [1.29, 1.82) is 0 Å². The molecular weight excluding hydrogens is 280 g/mol. The number of fused-ring (bicyclic) bond motifs is 1. The van der Waals surface area contributed by atoms with Crippen LogP contribution >= 0.6 is 0 Å². The number of carbonyl (C=O) groups is 2. The summed E-state index contributed by atoms with van der Waals surface area (Å²) < 4.78 is 0. The molecular formula is C16H16N4O2. The number of primary amides is 1. The number of benzene rings is 1. The molecule has 1 atom stereocenters. The lowest BCUT2D eigenvalue weighted by Gasteiger charge is -2.25. The van der Waals surface area contributed by atoms with Gasteiger partial charge in [-0.15, -0.1) is 0 Å². The molecule has 3 rings (SSSR count). The topological polar surface area (TPSA) is 112 Å². The molecule has 1 aliphatic carbocycles. The predicted octanol–water partition coefficient (Wildman–Crippen LogP) is 1.38. The molecule has 0 bridgehead atoms. The minimum atomic E-state index is -0.493. The number of nitrogens with zero attached hydrogens (tertiary/aromatic N) is 2. The highest BCUT2D eigenvalue weighted by molar-refractivity contribution is 6.00. The molecule has 0 aliphatic heterocycles. The number of ketones is 1. The molecule has 1 unspecified atom stereocenters. The molecule has 1 aliphatic rings. The highest BCUT2D eigenvalue weighted by Gasteiger charge is 2.31. The molecule has 1 amide bonds.